The Morgan fingerprint density at radius 2 is 2.15 bits per heavy atom. The molecule has 0 aliphatic carbocycles. The second-order valence-corrected chi connectivity index (χ2v) is 6.46. The third-order valence-electron chi connectivity index (χ3n) is 4.17. The smallest absolute Gasteiger partial charge is 0.414 e. The van der Waals surface area contributed by atoms with Crippen LogP contribution in [-0.2, 0) is 9.53 Å². The van der Waals surface area contributed by atoms with Gasteiger partial charge in [0.05, 0.1) is 24.5 Å². The van der Waals surface area contributed by atoms with Crippen molar-refractivity contribution in [2.24, 2.45) is 0 Å². The average molecular weight is 399 g/mol. The number of halogens is 3. The van der Waals surface area contributed by atoms with E-state index in [1.807, 2.05) is 0 Å². The zero-order chi connectivity index (χ0) is 19.6. The number of ketones is 1. The van der Waals surface area contributed by atoms with E-state index >= 15 is 0 Å². The van der Waals surface area contributed by atoms with Crippen molar-refractivity contribution >= 4 is 40.5 Å². The molecule has 1 aromatic carbocycles. The van der Waals surface area contributed by atoms with E-state index in [0.29, 0.717) is 13.0 Å². The van der Waals surface area contributed by atoms with Crippen molar-refractivity contribution in [2.75, 3.05) is 29.4 Å². The molecule has 2 aliphatic rings. The first-order valence-electron chi connectivity index (χ1n) is 8.16. The van der Waals surface area contributed by atoms with Crippen molar-refractivity contribution in [3.8, 4) is 0 Å². The van der Waals surface area contributed by atoms with Crippen LogP contribution in [0.4, 0.5) is 29.3 Å². The van der Waals surface area contributed by atoms with Crippen LogP contribution in [0, 0.1) is 5.82 Å². The molecule has 1 atom stereocenters. The Labute approximate surface area is 158 Å². The van der Waals surface area contributed by atoms with Gasteiger partial charge in [-0.05, 0) is 24.3 Å². The Hall–Kier alpha value is -2.62. The maximum atomic E-state index is 14.5. The second kappa shape index (κ2) is 7.95. The average Bonchev–Trinajstić information content (AvgIpc) is 3.01. The summed E-state index contributed by atoms with van der Waals surface area (Å²) in [6.45, 7) is 0.391. The number of thiocarbonyl (C=S) groups is 1. The Bertz CT molecular complexity index is 803. The molecular weight excluding hydrogens is 383 g/mol. The predicted molar refractivity (Wildman–Crippen MR) is 96.7 cm³/mol. The highest BCUT2D eigenvalue weighted by molar-refractivity contribution is 7.80. The molecule has 2 aliphatic heterocycles. The molecule has 1 saturated heterocycles. The zero-order valence-corrected chi connectivity index (χ0v) is 14.8. The summed E-state index contributed by atoms with van der Waals surface area (Å²) in [5.74, 6) is -0.575. The van der Waals surface area contributed by atoms with Gasteiger partial charge in [-0.1, -0.05) is 12.2 Å². The lowest BCUT2D eigenvalue weighted by Gasteiger charge is -2.24. The fourth-order valence-corrected chi connectivity index (χ4v) is 2.87. The number of hydrogen-bond donors (Lipinski definition) is 1. The molecule has 6 nitrogen and oxygen atoms in total. The largest absolute Gasteiger partial charge is 0.442 e. The lowest BCUT2D eigenvalue weighted by Crippen LogP contribution is -2.36. The number of allylic oxidation sites excluding steroid dienone is 1. The minimum atomic E-state index is -2.78. The summed E-state index contributed by atoms with van der Waals surface area (Å²) in [6.07, 6.45) is -0.967. The molecule has 144 valence electrons. The highest BCUT2D eigenvalue weighted by Crippen LogP contribution is 2.29. The molecule has 27 heavy (non-hydrogen) atoms. The van der Waals surface area contributed by atoms with E-state index in [1.54, 1.807) is 11.0 Å². The molecule has 1 fully saturated rings. The molecule has 0 aromatic heterocycles. The quantitative estimate of drug-likeness (QED) is 0.769. The number of rotatable bonds is 5. The summed E-state index contributed by atoms with van der Waals surface area (Å²) in [7, 11) is 0. The van der Waals surface area contributed by atoms with Gasteiger partial charge in [0.2, 0.25) is 0 Å². The van der Waals surface area contributed by atoms with Gasteiger partial charge < -0.3 is 15.0 Å². The monoisotopic (exact) mass is 399 g/mol. The van der Waals surface area contributed by atoms with Gasteiger partial charge in [-0.15, -0.1) is 0 Å². The van der Waals surface area contributed by atoms with Crippen molar-refractivity contribution < 1.29 is 27.5 Å². The molecule has 0 radical (unpaired) electrons. The van der Waals surface area contributed by atoms with Gasteiger partial charge in [0.15, 0.2) is 5.78 Å². The third-order valence-corrected chi connectivity index (χ3v) is 4.49. The summed E-state index contributed by atoms with van der Waals surface area (Å²) >= 11 is 4.47. The number of anilines is 2. The molecule has 1 amide bonds. The highest BCUT2D eigenvalue weighted by atomic mass is 32.1. The van der Waals surface area contributed by atoms with Gasteiger partial charge in [0, 0.05) is 19.2 Å². The van der Waals surface area contributed by atoms with Crippen LogP contribution in [0.15, 0.2) is 30.5 Å². The van der Waals surface area contributed by atoms with Crippen molar-refractivity contribution in [1.29, 1.82) is 0 Å². The Kier molecular flexibility index (Phi) is 5.64. The van der Waals surface area contributed by atoms with Crippen LogP contribution in [0.5, 0.6) is 0 Å². The van der Waals surface area contributed by atoms with Crippen LogP contribution in [0.25, 0.3) is 0 Å². The first-order valence-corrected chi connectivity index (χ1v) is 8.57. The molecule has 0 saturated carbocycles. The molecule has 0 spiro atoms. The van der Waals surface area contributed by atoms with E-state index in [1.165, 1.54) is 29.3 Å². The van der Waals surface area contributed by atoms with E-state index in [9.17, 15) is 22.8 Å². The molecule has 0 unspecified atom stereocenters. The fraction of sp³-hybridized carbons (Fsp3) is 0.353. The summed E-state index contributed by atoms with van der Waals surface area (Å²) in [6, 6.07) is 4.26. The summed E-state index contributed by atoms with van der Waals surface area (Å²) in [4.78, 5) is 25.5. The van der Waals surface area contributed by atoms with Crippen LogP contribution >= 0.6 is 12.2 Å². The van der Waals surface area contributed by atoms with E-state index in [0.717, 1.165) is 0 Å². The van der Waals surface area contributed by atoms with Gasteiger partial charge in [0.25, 0.3) is 6.43 Å². The van der Waals surface area contributed by atoms with Crippen LogP contribution in [-0.4, -0.2) is 49.0 Å². The standard InChI is InChI=1S/C17H16F3N3O3S/c18-13-7-10(1-2-14(13)22-5-3-11(24)4-6-22)23-9-12(26-17(23)25)8-21-16(27)15(19)20/h1-3,5,7,12,15H,4,6,8-9H2,(H,21,27)/t12-/m0/s1. The molecule has 2 heterocycles. The Morgan fingerprint density at radius 3 is 2.78 bits per heavy atom. The molecule has 0 bridgehead atoms. The number of nitrogens with zero attached hydrogens (tertiary/aromatic N) is 2. The summed E-state index contributed by atoms with van der Waals surface area (Å²) < 4.78 is 44.4. The van der Waals surface area contributed by atoms with Crippen LogP contribution < -0.4 is 15.1 Å². The number of ether oxygens (including phenoxy) is 1. The number of amides is 1. The minimum Gasteiger partial charge on any atom is -0.442 e. The van der Waals surface area contributed by atoms with Gasteiger partial charge in [-0.2, -0.15) is 0 Å². The van der Waals surface area contributed by atoms with Gasteiger partial charge in [-0.3, -0.25) is 9.69 Å². The number of nitrogens with one attached hydrogen (secondary N) is 1. The van der Waals surface area contributed by atoms with Crippen LogP contribution in [0.2, 0.25) is 0 Å². The van der Waals surface area contributed by atoms with Gasteiger partial charge in [0.1, 0.15) is 16.9 Å². The van der Waals surface area contributed by atoms with Crippen molar-refractivity contribution in [3.05, 3.63) is 36.3 Å². The van der Waals surface area contributed by atoms with Crippen LogP contribution in [0.3, 0.4) is 0 Å². The normalized spacial score (nSPS) is 19.6. The number of hydrogen-bond acceptors (Lipinski definition) is 5. The topological polar surface area (TPSA) is 61.9 Å². The van der Waals surface area contributed by atoms with Crippen LogP contribution in [0.1, 0.15) is 6.42 Å². The van der Waals surface area contributed by atoms with Crippen molar-refractivity contribution in [2.45, 2.75) is 19.0 Å². The lowest BCUT2D eigenvalue weighted by atomic mass is 10.1. The Balaban J connectivity index is 1.67. The van der Waals surface area contributed by atoms with E-state index in [-0.39, 0.29) is 30.2 Å². The number of benzene rings is 1. The zero-order valence-electron chi connectivity index (χ0n) is 14.0. The first kappa shape index (κ1) is 19.2. The molecule has 1 N–H and O–H groups in total. The molecule has 3 rings (SSSR count). The van der Waals surface area contributed by atoms with Crippen molar-refractivity contribution in [1.82, 2.24) is 5.32 Å². The van der Waals surface area contributed by atoms with E-state index in [4.69, 9.17) is 4.74 Å². The Morgan fingerprint density at radius 1 is 1.37 bits per heavy atom. The number of alkyl halides is 2. The third kappa shape index (κ3) is 4.38. The first-order chi connectivity index (χ1) is 12.8. The van der Waals surface area contributed by atoms with E-state index < -0.39 is 29.4 Å². The molecular formula is C17H16F3N3O3S. The number of carbonyl (C=O) groups excluding carboxylic acids is 2. The lowest BCUT2D eigenvalue weighted by molar-refractivity contribution is -0.114. The van der Waals surface area contributed by atoms with Gasteiger partial charge >= 0.3 is 6.09 Å². The summed E-state index contributed by atoms with van der Waals surface area (Å²) in [5, 5.41) is 2.35. The highest BCUT2D eigenvalue weighted by Gasteiger charge is 2.33. The minimum absolute atomic E-state index is 0.0194. The predicted octanol–water partition coefficient (Wildman–Crippen LogP) is 2.63. The van der Waals surface area contributed by atoms with Gasteiger partial charge in [-0.25, -0.2) is 18.0 Å². The molecule has 1 aromatic rings. The van der Waals surface area contributed by atoms with Crippen molar-refractivity contribution in [3.63, 3.8) is 0 Å². The number of cyclic esters (lactones) is 1. The summed E-state index contributed by atoms with van der Waals surface area (Å²) in [5.41, 5.74) is 0.577. The fourth-order valence-electron chi connectivity index (χ4n) is 2.79. The number of carbonyl (C=O) groups is 2. The second-order valence-electron chi connectivity index (χ2n) is 6.02. The SMILES string of the molecule is O=C1C=CN(c2ccc(N3C[C@H](CNC(=S)C(F)F)OC3=O)cc2F)CC1. The van der Waals surface area contributed by atoms with E-state index in [2.05, 4.69) is 17.5 Å². The molecule has 10 heteroatoms. The maximum Gasteiger partial charge on any atom is 0.414 e. The maximum absolute atomic E-state index is 14.5.